The second kappa shape index (κ2) is 5.01. The van der Waals surface area contributed by atoms with Gasteiger partial charge in [0, 0.05) is 0 Å². The van der Waals surface area contributed by atoms with Gasteiger partial charge in [0.1, 0.15) is 21.9 Å². The highest BCUT2D eigenvalue weighted by atomic mass is 79.9. The molecule has 1 amide bonds. The Kier molecular flexibility index (Phi) is 3.43. The lowest BCUT2D eigenvalue weighted by Gasteiger charge is -2.03. The van der Waals surface area contributed by atoms with E-state index in [4.69, 9.17) is 0 Å². The first-order valence-corrected chi connectivity index (χ1v) is 5.50. The number of anilines is 1. The van der Waals surface area contributed by atoms with E-state index in [-0.39, 0.29) is 5.69 Å². The quantitative estimate of drug-likeness (QED) is 0.867. The van der Waals surface area contributed by atoms with Crippen LogP contribution in [0.15, 0.2) is 41.1 Å². The van der Waals surface area contributed by atoms with Crippen LogP contribution in [0.25, 0.3) is 0 Å². The molecule has 2 rings (SSSR count). The van der Waals surface area contributed by atoms with E-state index in [1.54, 1.807) is 18.2 Å². The average molecular weight is 296 g/mol. The highest BCUT2D eigenvalue weighted by molar-refractivity contribution is 9.10. The molecule has 2 heterocycles. The van der Waals surface area contributed by atoms with Crippen molar-refractivity contribution in [2.24, 2.45) is 0 Å². The van der Waals surface area contributed by atoms with Crippen LogP contribution in [0, 0.1) is 5.82 Å². The predicted octanol–water partition coefficient (Wildman–Crippen LogP) is 2.63. The monoisotopic (exact) mass is 295 g/mol. The molecule has 0 spiro atoms. The lowest BCUT2D eigenvalue weighted by molar-refractivity contribution is 0.102. The molecule has 4 nitrogen and oxygen atoms in total. The zero-order valence-corrected chi connectivity index (χ0v) is 10.1. The Morgan fingerprint density at radius 2 is 2.12 bits per heavy atom. The summed E-state index contributed by atoms with van der Waals surface area (Å²) in [5, 5.41) is 2.55. The lowest BCUT2D eigenvalue weighted by atomic mass is 10.3. The first kappa shape index (κ1) is 11.7. The van der Waals surface area contributed by atoms with Crippen molar-refractivity contribution >= 4 is 27.7 Å². The molecule has 0 fully saturated rings. The van der Waals surface area contributed by atoms with E-state index < -0.39 is 11.7 Å². The van der Waals surface area contributed by atoms with Crippen molar-refractivity contribution in [3.8, 4) is 0 Å². The van der Waals surface area contributed by atoms with Crippen LogP contribution in [0.2, 0.25) is 0 Å². The Morgan fingerprint density at radius 3 is 2.76 bits per heavy atom. The van der Waals surface area contributed by atoms with Gasteiger partial charge in [-0.25, -0.2) is 14.4 Å². The van der Waals surface area contributed by atoms with Crippen molar-refractivity contribution in [3.05, 3.63) is 52.6 Å². The van der Waals surface area contributed by atoms with Crippen molar-refractivity contribution in [2.45, 2.75) is 0 Å². The Bertz CT molecular complexity index is 545. The van der Waals surface area contributed by atoms with Crippen LogP contribution < -0.4 is 5.32 Å². The number of hydrogen-bond donors (Lipinski definition) is 1. The number of pyridine rings is 2. The van der Waals surface area contributed by atoms with E-state index >= 15 is 0 Å². The summed E-state index contributed by atoms with van der Waals surface area (Å²) in [4.78, 5) is 19.4. The summed E-state index contributed by atoms with van der Waals surface area (Å²) < 4.78 is 13.2. The SMILES string of the molecule is O=C(Nc1cccc(Br)n1)c1ccc(F)cn1. The van der Waals surface area contributed by atoms with Gasteiger partial charge in [-0.3, -0.25) is 4.79 Å². The third-order valence-corrected chi connectivity index (χ3v) is 2.36. The Morgan fingerprint density at radius 1 is 1.29 bits per heavy atom. The van der Waals surface area contributed by atoms with E-state index in [2.05, 4.69) is 31.2 Å². The first-order chi connectivity index (χ1) is 8.15. The molecule has 17 heavy (non-hydrogen) atoms. The Labute approximate surface area is 105 Å². The molecule has 0 bridgehead atoms. The third-order valence-electron chi connectivity index (χ3n) is 1.92. The normalized spacial score (nSPS) is 10.0. The molecular formula is C11H7BrFN3O. The van der Waals surface area contributed by atoms with Crippen molar-refractivity contribution in [1.29, 1.82) is 0 Å². The molecule has 2 aromatic heterocycles. The Hall–Kier alpha value is -1.82. The maximum absolute atomic E-state index is 12.6. The molecule has 86 valence electrons. The van der Waals surface area contributed by atoms with Gasteiger partial charge in [0.15, 0.2) is 0 Å². The second-order valence-corrected chi connectivity index (χ2v) is 3.97. The van der Waals surface area contributed by atoms with Crippen molar-refractivity contribution in [1.82, 2.24) is 9.97 Å². The molecule has 0 aliphatic heterocycles. The van der Waals surface area contributed by atoms with Gasteiger partial charge in [-0.2, -0.15) is 0 Å². The highest BCUT2D eigenvalue weighted by Gasteiger charge is 2.08. The van der Waals surface area contributed by atoms with Crippen molar-refractivity contribution < 1.29 is 9.18 Å². The van der Waals surface area contributed by atoms with Crippen molar-refractivity contribution in [3.63, 3.8) is 0 Å². The average Bonchev–Trinajstić information content (AvgIpc) is 2.29. The van der Waals surface area contributed by atoms with Gasteiger partial charge in [-0.05, 0) is 40.2 Å². The zero-order chi connectivity index (χ0) is 12.3. The molecule has 0 radical (unpaired) electrons. The molecule has 0 saturated heterocycles. The summed E-state index contributed by atoms with van der Waals surface area (Å²) >= 11 is 3.19. The molecule has 0 unspecified atom stereocenters. The van der Waals surface area contributed by atoms with E-state index in [9.17, 15) is 9.18 Å². The molecule has 0 saturated carbocycles. The van der Waals surface area contributed by atoms with Gasteiger partial charge < -0.3 is 5.32 Å². The number of rotatable bonds is 2. The van der Waals surface area contributed by atoms with Crippen LogP contribution in [0.1, 0.15) is 10.5 Å². The van der Waals surface area contributed by atoms with Gasteiger partial charge in [0.25, 0.3) is 5.91 Å². The van der Waals surface area contributed by atoms with Gasteiger partial charge in [-0.1, -0.05) is 6.07 Å². The zero-order valence-electron chi connectivity index (χ0n) is 8.52. The van der Waals surface area contributed by atoms with Gasteiger partial charge in [0.2, 0.25) is 0 Å². The van der Waals surface area contributed by atoms with Crippen LogP contribution in [0.3, 0.4) is 0 Å². The van der Waals surface area contributed by atoms with Crippen molar-refractivity contribution in [2.75, 3.05) is 5.32 Å². The molecule has 0 aromatic carbocycles. The summed E-state index contributed by atoms with van der Waals surface area (Å²) in [6.45, 7) is 0. The number of hydrogen-bond acceptors (Lipinski definition) is 3. The van der Waals surface area contributed by atoms with Crippen LogP contribution in [0.5, 0.6) is 0 Å². The van der Waals surface area contributed by atoms with Gasteiger partial charge >= 0.3 is 0 Å². The predicted molar refractivity (Wildman–Crippen MR) is 64.1 cm³/mol. The highest BCUT2D eigenvalue weighted by Crippen LogP contribution is 2.11. The summed E-state index contributed by atoms with van der Waals surface area (Å²) in [5.74, 6) is -0.520. The fourth-order valence-corrected chi connectivity index (χ4v) is 1.51. The van der Waals surface area contributed by atoms with Crippen LogP contribution >= 0.6 is 15.9 Å². The summed E-state index contributed by atoms with van der Waals surface area (Å²) in [7, 11) is 0. The number of amides is 1. The first-order valence-electron chi connectivity index (χ1n) is 4.70. The maximum Gasteiger partial charge on any atom is 0.275 e. The molecule has 6 heteroatoms. The smallest absolute Gasteiger partial charge is 0.275 e. The minimum absolute atomic E-state index is 0.133. The van der Waals surface area contributed by atoms with Crippen LogP contribution in [-0.2, 0) is 0 Å². The van der Waals surface area contributed by atoms with E-state index in [0.29, 0.717) is 10.4 Å². The van der Waals surface area contributed by atoms with E-state index in [1.165, 1.54) is 12.1 Å². The van der Waals surface area contributed by atoms with Crippen LogP contribution in [0.4, 0.5) is 10.2 Å². The minimum atomic E-state index is -0.484. The summed E-state index contributed by atoms with van der Waals surface area (Å²) in [6, 6.07) is 7.61. The molecular weight excluding hydrogens is 289 g/mol. The number of aromatic nitrogens is 2. The number of nitrogens with zero attached hydrogens (tertiary/aromatic N) is 2. The minimum Gasteiger partial charge on any atom is -0.305 e. The maximum atomic E-state index is 12.6. The molecule has 0 aliphatic rings. The standard InChI is InChI=1S/C11H7BrFN3O/c12-9-2-1-3-10(15-9)16-11(17)8-5-4-7(13)6-14-8/h1-6H,(H,15,16,17). The number of nitrogens with one attached hydrogen (secondary N) is 1. The number of halogens is 2. The number of carbonyl (C=O) groups excluding carboxylic acids is 1. The molecule has 0 atom stereocenters. The van der Waals surface area contributed by atoms with Gasteiger partial charge in [-0.15, -0.1) is 0 Å². The van der Waals surface area contributed by atoms with Gasteiger partial charge in [0.05, 0.1) is 6.20 Å². The molecule has 0 aliphatic carbocycles. The largest absolute Gasteiger partial charge is 0.305 e. The number of carbonyl (C=O) groups is 1. The lowest BCUT2D eigenvalue weighted by Crippen LogP contribution is -2.14. The summed E-state index contributed by atoms with van der Waals surface area (Å²) in [5.41, 5.74) is 0.133. The second-order valence-electron chi connectivity index (χ2n) is 3.16. The van der Waals surface area contributed by atoms with Crippen LogP contribution in [-0.4, -0.2) is 15.9 Å². The Balaban J connectivity index is 2.14. The van der Waals surface area contributed by atoms with E-state index in [0.717, 1.165) is 6.20 Å². The third kappa shape index (κ3) is 3.07. The fourth-order valence-electron chi connectivity index (χ4n) is 1.17. The summed E-state index contributed by atoms with van der Waals surface area (Å²) in [6.07, 6.45) is 0.989. The fraction of sp³-hybridized carbons (Fsp3) is 0. The molecule has 1 N–H and O–H groups in total. The van der Waals surface area contributed by atoms with E-state index in [1.807, 2.05) is 0 Å². The topological polar surface area (TPSA) is 54.9 Å². The molecule has 2 aromatic rings.